The standard InChI is InChI=1S/C18H13ClO2S/c19-22(20,21)18-13-7-6-12-17(18)16-11-5-4-10-15(16)14-8-2-1-3-9-14/h1-13H. The highest BCUT2D eigenvalue weighted by Crippen LogP contribution is 2.36. The summed E-state index contributed by atoms with van der Waals surface area (Å²) in [7, 11) is 1.78. The molecule has 110 valence electrons. The van der Waals surface area contributed by atoms with Gasteiger partial charge in [0, 0.05) is 16.2 Å². The van der Waals surface area contributed by atoms with Crippen molar-refractivity contribution in [1.82, 2.24) is 0 Å². The first-order valence-electron chi connectivity index (χ1n) is 6.76. The molecule has 0 aliphatic rings. The van der Waals surface area contributed by atoms with E-state index in [4.69, 9.17) is 10.7 Å². The molecular weight excluding hydrogens is 316 g/mol. The summed E-state index contributed by atoms with van der Waals surface area (Å²) in [6, 6.07) is 24.3. The van der Waals surface area contributed by atoms with Gasteiger partial charge in [-0.15, -0.1) is 0 Å². The first kappa shape index (κ1) is 14.8. The van der Waals surface area contributed by atoms with Gasteiger partial charge in [0.05, 0.1) is 4.90 Å². The summed E-state index contributed by atoms with van der Waals surface area (Å²) >= 11 is 0. The van der Waals surface area contributed by atoms with Crippen LogP contribution in [0.1, 0.15) is 0 Å². The predicted octanol–water partition coefficient (Wildman–Crippen LogP) is 4.95. The normalized spacial score (nSPS) is 11.3. The molecule has 3 aromatic carbocycles. The first-order valence-corrected chi connectivity index (χ1v) is 9.07. The highest BCUT2D eigenvalue weighted by Gasteiger charge is 2.18. The molecule has 0 radical (unpaired) electrons. The first-order chi connectivity index (χ1) is 10.6. The van der Waals surface area contributed by atoms with Crippen LogP contribution in [0.15, 0.2) is 83.8 Å². The molecule has 0 bridgehead atoms. The van der Waals surface area contributed by atoms with Gasteiger partial charge >= 0.3 is 0 Å². The van der Waals surface area contributed by atoms with E-state index in [1.54, 1.807) is 12.1 Å². The Balaban J connectivity index is 2.28. The van der Waals surface area contributed by atoms with E-state index in [1.165, 1.54) is 6.07 Å². The van der Waals surface area contributed by atoms with Gasteiger partial charge in [0.2, 0.25) is 0 Å². The van der Waals surface area contributed by atoms with Crippen molar-refractivity contribution in [3.63, 3.8) is 0 Å². The van der Waals surface area contributed by atoms with Crippen molar-refractivity contribution in [1.29, 1.82) is 0 Å². The Morgan fingerprint density at radius 1 is 0.591 bits per heavy atom. The second-order valence-corrected chi connectivity index (χ2v) is 7.38. The number of hydrogen-bond acceptors (Lipinski definition) is 2. The van der Waals surface area contributed by atoms with Crippen molar-refractivity contribution in [2.24, 2.45) is 0 Å². The molecule has 0 fully saturated rings. The van der Waals surface area contributed by atoms with Gasteiger partial charge in [0.15, 0.2) is 0 Å². The van der Waals surface area contributed by atoms with Gasteiger partial charge in [0.1, 0.15) is 0 Å². The van der Waals surface area contributed by atoms with Crippen LogP contribution in [0.5, 0.6) is 0 Å². The molecule has 3 aromatic rings. The van der Waals surface area contributed by atoms with Crippen LogP contribution in [-0.2, 0) is 9.05 Å². The molecule has 2 nitrogen and oxygen atoms in total. The van der Waals surface area contributed by atoms with E-state index in [9.17, 15) is 8.42 Å². The summed E-state index contributed by atoms with van der Waals surface area (Å²) in [5.41, 5.74) is 3.45. The van der Waals surface area contributed by atoms with Crippen molar-refractivity contribution < 1.29 is 8.42 Å². The number of halogens is 1. The lowest BCUT2D eigenvalue weighted by atomic mass is 9.95. The Morgan fingerprint density at radius 2 is 1.09 bits per heavy atom. The fraction of sp³-hybridized carbons (Fsp3) is 0. The summed E-state index contributed by atoms with van der Waals surface area (Å²) < 4.78 is 23.7. The van der Waals surface area contributed by atoms with Crippen LogP contribution in [0.2, 0.25) is 0 Å². The lowest BCUT2D eigenvalue weighted by molar-refractivity contribution is 0.610. The molecule has 0 amide bonds. The number of hydrogen-bond donors (Lipinski definition) is 0. The van der Waals surface area contributed by atoms with E-state index in [2.05, 4.69) is 0 Å². The minimum absolute atomic E-state index is 0.125. The van der Waals surface area contributed by atoms with Crippen molar-refractivity contribution >= 4 is 19.7 Å². The largest absolute Gasteiger partial charge is 0.261 e. The van der Waals surface area contributed by atoms with E-state index in [0.29, 0.717) is 5.56 Å². The maximum Gasteiger partial charge on any atom is 0.261 e. The minimum atomic E-state index is -3.81. The van der Waals surface area contributed by atoms with E-state index in [0.717, 1.165) is 16.7 Å². The van der Waals surface area contributed by atoms with Gasteiger partial charge in [-0.1, -0.05) is 72.8 Å². The average molecular weight is 329 g/mol. The van der Waals surface area contributed by atoms with E-state index >= 15 is 0 Å². The van der Waals surface area contributed by atoms with Crippen LogP contribution >= 0.6 is 10.7 Å². The van der Waals surface area contributed by atoms with Gasteiger partial charge in [-0.25, -0.2) is 8.42 Å². The van der Waals surface area contributed by atoms with Gasteiger partial charge in [-0.3, -0.25) is 0 Å². The van der Waals surface area contributed by atoms with Crippen LogP contribution < -0.4 is 0 Å². The van der Waals surface area contributed by atoms with Gasteiger partial charge in [-0.2, -0.15) is 0 Å². The van der Waals surface area contributed by atoms with Crippen LogP contribution in [0, 0.1) is 0 Å². The number of rotatable bonds is 3. The summed E-state index contributed by atoms with van der Waals surface area (Å²) in [5.74, 6) is 0. The third-order valence-corrected chi connectivity index (χ3v) is 4.83. The second-order valence-electron chi connectivity index (χ2n) is 4.85. The lowest BCUT2D eigenvalue weighted by Gasteiger charge is -2.12. The smallest absolute Gasteiger partial charge is 0.207 e. The van der Waals surface area contributed by atoms with Crippen molar-refractivity contribution in [3.8, 4) is 22.3 Å². The van der Waals surface area contributed by atoms with Crippen LogP contribution in [-0.4, -0.2) is 8.42 Å². The molecule has 0 aliphatic heterocycles. The zero-order chi connectivity index (χ0) is 15.6. The summed E-state index contributed by atoms with van der Waals surface area (Å²) in [6.07, 6.45) is 0. The highest BCUT2D eigenvalue weighted by molar-refractivity contribution is 8.13. The molecule has 0 spiro atoms. The highest BCUT2D eigenvalue weighted by atomic mass is 35.7. The maximum absolute atomic E-state index is 11.8. The molecule has 3 rings (SSSR count). The zero-order valence-electron chi connectivity index (χ0n) is 11.6. The van der Waals surface area contributed by atoms with Gasteiger partial charge < -0.3 is 0 Å². The van der Waals surface area contributed by atoms with Gasteiger partial charge in [0.25, 0.3) is 9.05 Å². The summed E-state index contributed by atoms with van der Waals surface area (Å²) in [5, 5.41) is 0. The Labute approximate surface area is 134 Å². The van der Waals surface area contributed by atoms with Crippen molar-refractivity contribution in [2.45, 2.75) is 4.90 Å². The van der Waals surface area contributed by atoms with Gasteiger partial charge in [-0.05, 0) is 22.8 Å². The summed E-state index contributed by atoms with van der Waals surface area (Å²) in [4.78, 5) is 0.125. The van der Waals surface area contributed by atoms with Crippen LogP contribution in [0.25, 0.3) is 22.3 Å². The van der Waals surface area contributed by atoms with E-state index < -0.39 is 9.05 Å². The van der Waals surface area contributed by atoms with E-state index in [-0.39, 0.29) is 4.90 Å². The van der Waals surface area contributed by atoms with Crippen molar-refractivity contribution in [2.75, 3.05) is 0 Å². The Kier molecular flexibility index (Phi) is 4.01. The second kappa shape index (κ2) is 5.95. The quantitative estimate of drug-likeness (QED) is 0.638. The monoisotopic (exact) mass is 328 g/mol. The molecule has 0 heterocycles. The summed E-state index contributed by atoms with van der Waals surface area (Å²) in [6.45, 7) is 0. The third kappa shape index (κ3) is 2.91. The fourth-order valence-corrected chi connectivity index (χ4v) is 3.57. The molecule has 0 aliphatic carbocycles. The topological polar surface area (TPSA) is 34.1 Å². The van der Waals surface area contributed by atoms with Crippen molar-refractivity contribution in [3.05, 3.63) is 78.9 Å². The third-order valence-electron chi connectivity index (χ3n) is 3.45. The van der Waals surface area contributed by atoms with Crippen LogP contribution in [0.4, 0.5) is 0 Å². The average Bonchev–Trinajstić information content (AvgIpc) is 2.55. The molecule has 0 N–H and O–H groups in total. The Morgan fingerprint density at radius 3 is 1.73 bits per heavy atom. The number of benzene rings is 3. The Hall–Kier alpha value is -2.10. The molecule has 0 saturated heterocycles. The molecule has 0 unspecified atom stereocenters. The fourth-order valence-electron chi connectivity index (χ4n) is 2.49. The zero-order valence-corrected chi connectivity index (χ0v) is 13.2. The molecule has 22 heavy (non-hydrogen) atoms. The SMILES string of the molecule is O=S(=O)(Cl)c1ccccc1-c1ccccc1-c1ccccc1. The molecular formula is C18H13ClO2S. The molecule has 0 atom stereocenters. The Bertz CT molecular complexity index is 903. The molecule has 4 heteroatoms. The minimum Gasteiger partial charge on any atom is -0.207 e. The molecule has 0 saturated carbocycles. The molecule has 0 aromatic heterocycles. The lowest BCUT2D eigenvalue weighted by Crippen LogP contribution is -1.95. The van der Waals surface area contributed by atoms with E-state index in [1.807, 2.05) is 60.7 Å². The van der Waals surface area contributed by atoms with Crippen LogP contribution in [0.3, 0.4) is 0 Å². The maximum atomic E-state index is 11.8. The predicted molar refractivity (Wildman–Crippen MR) is 90.4 cm³/mol.